The van der Waals surface area contributed by atoms with Crippen LogP contribution >= 0.6 is 0 Å². The first kappa shape index (κ1) is 17.6. The van der Waals surface area contributed by atoms with Crippen molar-refractivity contribution in [3.8, 4) is 0 Å². The van der Waals surface area contributed by atoms with Crippen molar-refractivity contribution in [2.75, 3.05) is 34.0 Å². The third-order valence-corrected chi connectivity index (χ3v) is 3.41. The highest BCUT2D eigenvalue weighted by atomic mass is 16.5. The molecule has 1 aromatic carbocycles. The van der Waals surface area contributed by atoms with E-state index in [4.69, 9.17) is 15.2 Å². The molecular weight excluding hydrogens is 268 g/mol. The van der Waals surface area contributed by atoms with E-state index in [9.17, 15) is 4.79 Å². The Labute approximate surface area is 127 Å². The lowest BCUT2D eigenvalue weighted by molar-refractivity contribution is -0.134. The zero-order chi connectivity index (χ0) is 15.7. The number of carbonyl (C=O) groups is 1. The minimum atomic E-state index is 0.0287. The Kier molecular flexibility index (Phi) is 7.97. The largest absolute Gasteiger partial charge is 0.383 e. The molecule has 1 atom stereocenters. The van der Waals surface area contributed by atoms with Crippen LogP contribution in [0.2, 0.25) is 0 Å². The van der Waals surface area contributed by atoms with Crippen LogP contribution < -0.4 is 5.73 Å². The molecule has 0 aliphatic rings. The van der Waals surface area contributed by atoms with Crippen molar-refractivity contribution in [1.29, 1.82) is 0 Å². The van der Waals surface area contributed by atoms with Gasteiger partial charge in [0.15, 0.2) is 0 Å². The van der Waals surface area contributed by atoms with E-state index >= 15 is 0 Å². The van der Waals surface area contributed by atoms with E-state index in [-0.39, 0.29) is 11.9 Å². The molecule has 1 aromatic rings. The first-order valence-corrected chi connectivity index (χ1v) is 7.17. The van der Waals surface area contributed by atoms with Crippen LogP contribution in [0.3, 0.4) is 0 Å². The van der Waals surface area contributed by atoms with E-state index in [0.717, 1.165) is 11.1 Å². The van der Waals surface area contributed by atoms with Crippen LogP contribution in [-0.4, -0.2) is 50.8 Å². The molecule has 2 N–H and O–H groups in total. The lowest BCUT2D eigenvalue weighted by Crippen LogP contribution is -2.43. The van der Waals surface area contributed by atoms with Gasteiger partial charge in [0.25, 0.3) is 0 Å². The molecular formula is C16H26N2O3. The molecule has 0 heterocycles. The third-order valence-electron chi connectivity index (χ3n) is 3.41. The Morgan fingerprint density at radius 2 is 1.81 bits per heavy atom. The van der Waals surface area contributed by atoms with Crippen LogP contribution in [0, 0.1) is 0 Å². The topological polar surface area (TPSA) is 64.8 Å². The van der Waals surface area contributed by atoms with Crippen LogP contribution in [0.5, 0.6) is 0 Å². The number of nitrogens with zero attached hydrogens (tertiary/aromatic N) is 1. The minimum absolute atomic E-state index is 0.0287. The fraction of sp³-hybridized carbons (Fsp3) is 0.562. The number of amides is 1. The maximum absolute atomic E-state index is 12.5. The van der Waals surface area contributed by atoms with Gasteiger partial charge in [-0.3, -0.25) is 4.79 Å². The Morgan fingerprint density at radius 3 is 2.33 bits per heavy atom. The average molecular weight is 294 g/mol. The summed E-state index contributed by atoms with van der Waals surface area (Å²) in [6, 6.07) is 7.85. The molecule has 0 saturated carbocycles. The molecule has 0 aromatic heterocycles. The Bertz CT molecular complexity index is 420. The van der Waals surface area contributed by atoms with Crippen LogP contribution in [0.15, 0.2) is 24.3 Å². The van der Waals surface area contributed by atoms with E-state index in [1.807, 2.05) is 36.1 Å². The maximum Gasteiger partial charge on any atom is 0.227 e. The van der Waals surface area contributed by atoms with Gasteiger partial charge in [0.2, 0.25) is 5.91 Å². The van der Waals surface area contributed by atoms with E-state index < -0.39 is 0 Å². The van der Waals surface area contributed by atoms with Crippen molar-refractivity contribution in [2.45, 2.75) is 25.9 Å². The maximum atomic E-state index is 12.5. The quantitative estimate of drug-likeness (QED) is 0.743. The van der Waals surface area contributed by atoms with Gasteiger partial charge in [0, 0.05) is 27.3 Å². The normalized spacial score (nSPS) is 12.2. The molecule has 21 heavy (non-hydrogen) atoms. The molecule has 0 radical (unpaired) electrons. The van der Waals surface area contributed by atoms with Crippen molar-refractivity contribution in [1.82, 2.24) is 4.90 Å². The molecule has 0 aliphatic heterocycles. The summed E-state index contributed by atoms with van der Waals surface area (Å²) in [5.41, 5.74) is 7.63. The molecule has 0 fully saturated rings. The van der Waals surface area contributed by atoms with E-state index in [1.165, 1.54) is 0 Å². The summed E-state index contributed by atoms with van der Waals surface area (Å²) < 4.78 is 10.2. The number of hydrogen-bond donors (Lipinski definition) is 1. The summed E-state index contributed by atoms with van der Waals surface area (Å²) in [4.78, 5) is 14.3. The highest BCUT2D eigenvalue weighted by molar-refractivity contribution is 5.79. The lowest BCUT2D eigenvalue weighted by Gasteiger charge is -2.28. The smallest absolute Gasteiger partial charge is 0.227 e. The molecule has 5 nitrogen and oxygen atoms in total. The van der Waals surface area contributed by atoms with Gasteiger partial charge < -0.3 is 20.1 Å². The van der Waals surface area contributed by atoms with Gasteiger partial charge in [-0.1, -0.05) is 24.3 Å². The minimum Gasteiger partial charge on any atom is -0.383 e. The van der Waals surface area contributed by atoms with Crippen LogP contribution in [0.25, 0.3) is 0 Å². The van der Waals surface area contributed by atoms with Crippen molar-refractivity contribution in [3.05, 3.63) is 35.4 Å². The number of methoxy groups -OCH3 is 2. The highest BCUT2D eigenvalue weighted by Crippen LogP contribution is 2.09. The third kappa shape index (κ3) is 5.83. The van der Waals surface area contributed by atoms with Crippen molar-refractivity contribution in [3.63, 3.8) is 0 Å². The fourth-order valence-electron chi connectivity index (χ4n) is 2.18. The van der Waals surface area contributed by atoms with Gasteiger partial charge in [-0.25, -0.2) is 0 Å². The van der Waals surface area contributed by atoms with Crippen molar-refractivity contribution < 1.29 is 14.3 Å². The number of ether oxygens (including phenoxy) is 2. The van der Waals surface area contributed by atoms with Crippen molar-refractivity contribution in [2.24, 2.45) is 5.73 Å². The molecule has 118 valence electrons. The second-order valence-corrected chi connectivity index (χ2v) is 5.08. The van der Waals surface area contributed by atoms with Gasteiger partial charge in [-0.2, -0.15) is 0 Å². The molecule has 0 saturated heterocycles. The first-order valence-electron chi connectivity index (χ1n) is 7.17. The predicted octanol–water partition coefficient (Wildman–Crippen LogP) is 1.20. The Balaban J connectivity index is 2.69. The summed E-state index contributed by atoms with van der Waals surface area (Å²) in [7, 11) is 3.27. The zero-order valence-corrected chi connectivity index (χ0v) is 13.2. The van der Waals surface area contributed by atoms with E-state index in [1.54, 1.807) is 14.2 Å². The summed E-state index contributed by atoms with van der Waals surface area (Å²) in [5.74, 6) is 0.0806. The van der Waals surface area contributed by atoms with Crippen LogP contribution in [-0.2, 0) is 27.2 Å². The van der Waals surface area contributed by atoms with Gasteiger partial charge in [-0.05, 0) is 18.1 Å². The molecule has 1 unspecified atom stereocenters. The summed E-state index contributed by atoms with van der Waals surface area (Å²) in [6.07, 6.45) is 0.378. The van der Waals surface area contributed by atoms with E-state index in [2.05, 4.69) is 0 Å². The summed E-state index contributed by atoms with van der Waals surface area (Å²) in [5, 5.41) is 0. The molecule has 0 bridgehead atoms. The summed E-state index contributed by atoms with van der Waals surface area (Å²) in [6.45, 7) is 4.10. The average Bonchev–Trinajstić information content (AvgIpc) is 2.48. The molecule has 1 rings (SSSR count). The Hall–Kier alpha value is -1.43. The first-order chi connectivity index (χ1) is 10.1. The molecule has 5 heteroatoms. The lowest BCUT2D eigenvalue weighted by atomic mass is 10.1. The highest BCUT2D eigenvalue weighted by Gasteiger charge is 2.19. The zero-order valence-electron chi connectivity index (χ0n) is 13.2. The number of carbonyl (C=O) groups excluding carboxylic acids is 1. The second-order valence-electron chi connectivity index (χ2n) is 5.08. The SMILES string of the molecule is COCCN(C(=O)Cc1ccc(CN)cc1)C(C)COC. The van der Waals surface area contributed by atoms with Gasteiger partial charge >= 0.3 is 0 Å². The number of hydrogen-bond acceptors (Lipinski definition) is 4. The van der Waals surface area contributed by atoms with Gasteiger partial charge in [0.1, 0.15) is 0 Å². The van der Waals surface area contributed by atoms with Gasteiger partial charge in [-0.15, -0.1) is 0 Å². The monoisotopic (exact) mass is 294 g/mol. The summed E-state index contributed by atoms with van der Waals surface area (Å²) >= 11 is 0. The molecule has 1 amide bonds. The van der Waals surface area contributed by atoms with E-state index in [0.29, 0.717) is 32.7 Å². The van der Waals surface area contributed by atoms with Gasteiger partial charge in [0.05, 0.1) is 25.7 Å². The second kappa shape index (κ2) is 9.50. The van der Waals surface area contributed by atoms with Crippen molar-refractivity contribution >= 4 is 5.91 Å². The molecule has 0 aliphatic carbocycles. The number of rotatable bonds is 9. The fourth-order valence-corrected chi connectivity index (χ4v) is 2.18. The standard InChI is InChI=1S/C16H26N2O3/c1-13(12-21-3)18(8-9-20-2)16(19)10-14-4-6-15(11-17)7-5-14/h4-7,13H,8-12,17H2,1-3H3. The number of nitrogens with two attached hydrogens (primary N) is 1. The number of benzene rings is 1. The Morgan fingerprint density at radius 1 is 1.19 bits per heavy atom. The molecule has 0 spiro atoms. The predicted molar refractivity (Wildman–Crippen MR) is 83.0 cm³/mol. The van der Waals surface area contributed by atoms with Crippen LogP contribution in [0.1, 0.15) is 18.1 Å². The van der Waals surface area contributed by atoms with Crippen LogP contribution in [0.4, 0.5) is 0 Å².